The zero-order chi connectivity index (χ0) is 29.4. The highest BCUT2D eigenvalue weighted by Crippen LogP contribution is 2.35. The molecule has 6 aromatic rings. The predicted octanol–water partition coefficient (Wildman–Crippen LogP) is 6.19. The fourth-order valence-electron chi connectivity index (χ4n) is 5.24. The Morgan fingerprint density at radius 2 is 1.44 bits per heavy atom. The van der Waals surface area contributed by atoms with E-state index in [9.17, 15) is 28.0 Å². The molecule has 0 saturated carbocycles. The van der Waals surface area contributed by atoms with Gasteiger partial charge in [0.15, 0.2) is 12.0 Å². The lowest BCUT2D eigenvalue weighted by Gasteiger charge is -2.10. The van der Waals surface area contributed by atoms with Crippen molar-refractivity contribution in [3.63, 3.8) is 0 Å². The first kappa shape index (κ1) is 25.9. The maximum Gasteiger partial charge on any atom is 0.472 e. The second kappa shape index (κ2) is 8.85. The molecule has 204 valence electrons. The number of carbonyl (C=O) groups is 2. The number of para-hydroxylation sites is 1. The minimum Gasteiger partial charge on any atom is -0.274 e. The number of alkyl halides is 3. The van der Waals surface area contributed by atoms with E-state index in [2.05, 4.69) is 11.2 Å². The molecule has 0 spiro atoms. The Kier molecular flexibility index (Phi) is 5.60. The first-order valence-electron chi connectivity index (χ1n) is 12.4. The number of carbonyl (C=O) groups excluding carboxylic acids is 2. The number of imidazole rings is 3. The molecule has 0 aliphatic rings. The zero-order valence-corrected chi connectivity index (χ0v) is 22.2. The minimum atomic E-state index is -5.10. The SMILES string of the molecule is CC(=O)n1c(-c2cc(C)c3ncn(C(=O)C(F)(F)F)c3c2)nc2c(C)cc(-c3nc4c(C)cccc4n3C#N)cc21. The lowest BCUT2D eigenvalue weighted by atomic mass is 10.1. The average Bonchev–Trinajstić information content (AvgIpc) is 3.61. The van der Waals surface area contributed by atoms with E-state index in [4.69, 9.17) is 9.97 Å². The summed E-state index contributed by atoms with van der Waals surface area (Å²) < 4.78 is 43.0. The zero-order valence-electron chi connectivity index (χ0n) is 22.2. The first-order valence-corrected chi connectivity index (χ1v) is 12.4. The summed E-state index contributed by atoms with van der Waals surface area (Å²) in [6.07, 6.45) is -2.09. The van der Waals surface area contributed by atoms with Crippen LogP contribution in [-0.2, 0) is 0 Å². The van der Waals surface area contributed by atoms with Crippen molar-refractivity contribution in [2.24, 2.45) is 0 Å². The van der Waals surface area contributed by atoms with Gasteiger partial charge in [-0.2, -0.15) is 18.4 Å². The number of halogens is 3. The van der Waals surface area contributed by atoms with E-state index in [0.717, 1.165) is 11.9 Å². The number of rotatable bonds is 2. The molecule has 3 heterocycles. The van der Waals surface area contributed by atoms with Crippen molar-refractivity contribution in [1.29, 1.82) is 5.26 Å². The van der Waals surface area contributed by atoms with Crippen molar-refractivity contribution in [3.05, 3.63) is 65.5 Å². The van der Waals surface area contributed by atoms with E-state index in [0.29, 0.717) is 54.7 Å². The molecule has 3 aromatic carbocycles. The molecular formula is C29H20F3N7O2. The number of fused-ring (bicyclic) bond motifs is 3. The van der Waals surface area contributed by atoms with Gasteiger partial charge >= 0.3 is 12.1 Å². The standard InChI is InChI=1S/C29H20F3N7O2/c1-14-6-5-7-20-24(14)35-26(37(20)12-33)18-9-16(3)25-22(11-18)39(17(4)40)27(36-25)19-8-15(2)23-21(10-19)38(13-34-23)28(41)29(30,31)32/h5-11,13H,1-4H3. The van der Waals surface area contributed by atoms with Crippen LogP contribution in [0.4, 0.5) is 13.2 Å². The van der Waals surface area contributed by atoms with Gasteiger partial charge in [-0.15, -0.1) is 0 Å². The van der Waals surface area contributed by atoms with Crippen LogP contribution in [0.3, 0.4) is 0 Å². The van der Waals surface area contributed by atoms with Crippen molar-refractivity contribution in [2.75, 3.05) is 0 Å². The molecule has 0 amide bonds. The molecule has 6 rings (SSSR count). The van der Waals surface area contributed by atoms with Crippen molar-refractivity contribution >= 4 is 44.9 Å². The first-order chi connectivity index (χ1) is 19.4. The molecule has 0 saturated heterocycles. The molecule has 0 N–H and O–H groups in total. The Bertz CT molecular complexity index is 2140. The van der Waals surface area contributed by atoms with Gasteiger partial charge in [0, 0.05) is 18.1 Å². The highest BCUT2D eigenvalue weighted by Gasteiger charge is 2.41. The van der Waals surface area contributed by atoms with Crippen LogP contribution in [0.5, 0.6) is 0 Å². The number of benzene rings is 3. The van der Waals surface area contributed by atoms with Crippen LogP contribution in [0.15, 0.2) is 48.8 Å². The van der Waals surface area contributed by atoms with Gasteiger partial charge < -0.3 is 0 Å². The topological polar surface area (TPSA) is 111 Å². The maximum absolute atomic E-state index is 13.3. The highest BCUT2D eigenvalue weighted by atomic mass is 19.4. The second-order valence-corrected chi connectivity index (χ2v) is 9.84. The van der Waals surface area contributed by atoms with Gasteiger partial charge in [-0.25, -0.2) is 19.5 Å². The molecule has 0 atom stereocenters. The number of aryl methyl sites for hydroxylation is 3. The van der Waals surface area contributed by atoms with E-state index in [-0.39, 0.29) is 22.8 Å². The molecule has 0 radical (unpaired) electrons. The van der Waals surface area contributed by atoms with Crippen LogP contribution in [0.1, 0.15) is 33.2 Å². The van der Waals surface area contributed by atoms with E-state index < -0.39 is 12.1 Å². The van der Waals surface area contributed by atoms with E-state index in [1.165, 1.54) is 22.1 Å². The van der Waals surface area contributed by atoms with Gasteiger partial charge in [0.05, 0.1) is 33.1 Å². The van der Waals surface area contributed by atoms with Crippen LogP contribution in [0, 0.1) is 32.2 Å². The second-order valence-electron chi connectivity index (χ2n) is 9.84. The quantitative estimate of drug-likeness (QED) is 0.252. The largest absolute Gasteiger partial charge is 0.472 e. The molecule has 0 aliphatic carbocycles. The van der Waals surface area contributed by atoms with Crippen molar-refractivity contribution in [1.82, 2.24) is 28.7 Å². The lowest BCUT2D eigenvalue weighted by molar-refractivity contribution is -0.0943. The van der Waals surface area contributed by atoms with Gasteiger partial charge in [0.25, 0.3) is 0 Å². The number of hydrogen-bond donors (Lipinski definition) is 0. The normalized spacial score (nSPS) is 12.0. The fraction of sp³-hybridized carbons (Fsp3) is 0.172. The number of hydrogen-bond acceptors (Lipinski definition) is 6. The highest BCUT2D eigenvalue weighted by molar-refractivity contribution is 6.00. The summed E-state index contributed by atoms with van der Waals surface area (Å²) in [5.74, 6) is -1.88. The van der Waals surface area contributed by atoms with Crippen LogP contribution in [0.2, 0.25) is 0 Å². The average molecular weight is 556 g/mol. The van der Waals surface area contributed by atoms with Gasteiger partial charge in [0.2, 0.25) is 5.91 Å². The molecular weight excluding hydrogens is 535 g/mol. The Morgan fingerprint density at radius 1 is 0.829 bits per heavy atom. The molecule has 0 fully saturated rings. The monoisotopic (exact) mass is 555 g/mol. The summed E-state index contributed by atoms with van der Waals surface area (Å²) in [5, 5.41) is 9.94. The summed E-state index contributed by atoms with van der Waals surface area (Å²) in [5.41, 5.74) is 5.44. The fourth-order valence-corrected chi connectivity index (χ4v) is 5.24. The van der Waals surface area contributed by atoms with Gasteiger partial charge in [0.1, 0.15) is 12.2 Å². The van der Waals surface area contributed by atoms with E-state index >= 15 is 0 Å². The van der Waals surface area contributed by atoms with E-state index in [1.807, 2.05) is 32.0 Å². The van der Waals surface area contributed by atoms with E-state index in [1.54, 1.807) is 25.1 Å². The summed E-state index contributed by atoms with van der Waals surface area (Å²) >= 11 is 0. The predicted molar refractivity (Wildman–Crippen MR) is 145 cm³/mol. The third-order valence-corrected chi connectivity index (χ3v) is 7.07. The van der Waals surface area contributed by atoms with Crippen molar-refractivity contribution in [3.8, 4) is 29.0 Å². The van der Waals surface area contributed by atoms with Crippen molar-refractivity contribution in [2.45, 2.75) is 33.9 Å². The maximum atomic E-state index is 13.3. The molecule has 41 heavy (non-hydrogen) atoms. The van der Waals surface area contributed by atoms with Crippen molar-refractivity contribution < 1.29 is 22.8 Å². The van der Waals surface area contributed by atoms with Crippen LogP contribution >= 0.6 is 0 Å². The van der Waals surface area contributed by atoms with Crippen LogP contribution in [0.25, 0.3) is 55.9 Å². The number of nitrogens with zero attached hydrogens (tertiary/aromatic N) is 7. The molecule has 0 aliphatic heterocycles. The molecule has 0 unspecified atom stereocenters. The lowest BCUT2D eigenvalue weighted by Crippen LogP contribution is -2.28. The number of aromatic nitrogens is 6. The van der Waals surface area contributed by atoms with Crippen LogP contribution in [-0.4, -0.2) is 46.6 Å². The van der Waals surface area contributed by atoms with Crippen LogP contribution < -0.4 is 0 Å². The van der Waals surface area contributed by atoms with Gasteiger partial charge in [-0.1, -0.05) is 12.1 Å². The summed E-state index contributed by atoms with van der Waals surface area (Å²) in [4.78, 5) is 38.5. The Morgan fingerprint density at radius 3 is 2.10 bits per heavy atom. The molecule has 3 aromatic heterocycles. The number of nitriles is 1. The smallest absolute Gasteiger partial charge is 0.274 e. The third kappa shape index (κ3) is 3.88. The van der Waals surface area contributed by atoms with Gasteiger partial charge in [-0.05, 0) is 67.8 Å². The Hall–Kier alpha value is -5.31. The Balaban J connectivity index is 1.61. The summed E-state index contributed by atoms with van der Waals surface area (Å²) in [6.45, 7) is 6.71. The molecule has 9 nitrogen and oxygen atoms in total. The summed E-state index contributed by atoms with van der Waals surface area (Å²) in [6, 6.07) is 12.1. The van der Waals surface area contributed by atoms with Gasteiger partial charge in [-0.3, -0.25) is 18.7 Å². The molecule has 0 bridgehead atoms. The molecule has 12 heteroatoms. The Labute approximate surface area is 230 Å². The minimum absolute atomic E-state index is 0.0556. The third-order valence-electron chi connectivity index (χ3n) is 7.07. The summed E-state index contributed by atoms with van der Waals surface area (Å²) in [7, 11) is 0.